The Morgan fingerprint density at radius 1 is 1.00 bits per heavy atom. The minimum absolute atomic E-state index is 0.00134. The summed E-state index contributed by atoms with van der Waals surface area (Å²) < 4.78 is 5.57. The fourth-order valence-electron chi connectivity index (χ4n) is 2.56. The lowest BCUT2D eigenvalue weighted by atomic mass is 9.87. The van der Waals surface area contributed by atoms with E-state index in [1.807, 2.05) is 43.3 Å². The smallest absolute Gasteiger partial charge is 0.277 e. The molecule has 150 valence electrons. The number of nitrogens with zero attached hydrogens (tertiary/aromatic N) is 2. The number of aryl methyl sites for hydroxylation is 1. The highest BCUT2D eigenvalue weighted by Crippen LogP contribution is 2.24. The van der Waals surface area contributed by atoms with E-state index < -0.39 is 11.8 Å². The second-order valence-electron chi connectivity index (χ2n) is 7.73. The average molecular weight is 410 g/mol. The van der Waals surface area contributed by atoms with E-state index in [2.05, 4.69) is 36.3 Å². The number of carbonyl (C=O) groups is 2. The molecule has 0 saturated carbocycles. The van der Waals surface area contributed by atoms with Gasteiger partial charge >= 0.3 is 0 Å². The van der Waals surface area contributed by atoms with Gasteiger partial charge in [0, 0.05) is 11.1 Å². The molecular formula is C22H23N3O3S. The molecule has 0 aliphatic heterocycles. The third-order valence-corrected chi connectivity index (χ3v) is 5.12. The predicted octanol–water partition coefficient (Wildman–Crippen LogP) is 4.39. The first kappa shape index (κ1) is 20.8. The van der Waals surface area contributed by atoms with Gasteiger partial charge in [0.05, 0.1) is 5.75 Å². The summed E-state index contributed by atoms with van der Waals surface area (Å²) in [5.41, 5.74) is 3.52. The lowest BCUT2D eigenvalue weighted by molar-refractivity contribution is -0.117. The van der Waals surface area contributed by atoms with Crippen LogP contribution in [0.15, 0.2) is 58.2 Å². The van der Waals surface area contributed by atoms with Gasteiger partial charge in [0.2, 0.25) is 11.8 Å². The summed E-state index contributed by atoms with van der Waals surface area (Å²) in [6.07, 6.45) is 0. The van der Waals surface area contributed by atoms with Crippen molar-refractivity contribution in [1.29, 1.82) is 0 Å². The van der Waals surface area contributed by atoms with Crippen molar-refractivity contribution in [2.75, 3.05) is 5.75 Å². The van der Waals surface area contributed by atoms with Gasteiger partial charge < -0.3 is 4.42 Å². The number of carbonyl (C=O) groups excluding carboxylic acids is 2. The first-order chi connectivity index (χ1) is 13.7. The zero-order valence-corrected chi connectivity index (χ0v) is 17.7. The molecule has 0 radical (unpaired) electrons. The normalized spacial score (nSPS) is 11.3. The molecule has 0 bridgehead atoms. The lowest BCUT2D eigenvalue weighted by Crippen LogP contribution is -2.31. The maximum atomic E-state index is 12.3. The molecule has 2 aromatic carbocycles. The number of hydrogen-bond acceptors (Lipinski definition) is 6. The molecule has 1 aromatic heterocycles. The Balaban J connectivity index is 1.53. The van der Waals surface area contributed by atoms with Crippen molar-refractivity contribution in [1.82, 2.24) is 15.5 Å². The standard InChI is InChI=1S/C22H23N3O3S/c1-14-5-7-16(8-6-14)20-24-25-21(28-20)29-13-18(26)23-19(27)15-9-11-17(12-10-15)22(2,3)4/h5-12H,13H2,1-4H3,(H,23,26,27). The quantitative estimate of drug-likeness (QED) is 0.629. The predicted molar refractivity (Wildman–Crippen MR) is 113 cm³/mol. The van der Waals surface area contributed by atoms with Crippen molar-refractivity contribution in [2.24, 2.45) is 0 Å². The second-order valence-corrected chi connectivity index (χ2v) is 8.66. The Hall–Kier alpha value is -2.93. The molecular weight excluding hydrogens is 386 g/mol. The molecule has 7 heteroatoms. The monoisotopic (exact) mass is 409 g/mol. The van der Waals surface area contributed by atoms with Gasteiger partial charge in [-0.25, -0.2) is 0 Å². The molecule has 2 amide bonds. The van der Waals surface area contributed by atoms with E-state index in [4.69, 9.17) is 4.42 Å². The van der Waals surface area contributed by atoms with E-state index in [0.717, 1.165) is 28.5 Å². The topological polar surface area (TPSA) is 85.1 Å². The van der Waals surface area contributed by atoms with E-state index in [9.17, 15) is 9.59 Å². The van der Waals surface area contributed by atoms with Gasteiger partial charge in [-0.15, -0.1) is 10.2 Å². The zero-order chi connectivity index (χ0) is 21.0. The molecule has 1 heterocycles. The highest BCUT2D eigenvalue weighted by atomic mass is 32.2. The summed E-state index contributed by atoms with van der Waals surface area (Å²) in [6, 6.07) is 15.0. The van der Waals surface area contributed by atoms with Crippen molar-refractivity contribution in [3.05, 3.63) is 65.2 Å². The summed E-state index contributed by atoms with van der Waals surface area (Å²) in [7, 11) is 0. The Kier molecular flexibility index (Phi) is 6.17. The minimum atomic E-state index is -0.429. The Morgan fingerprint density at radius 2 is 1.66 bits per heavy atom. The van der Waals surface area contributed by atoms with Gasteiger partial charge in [-0.05, 0) is 42.2 Å². The van der Waals surface area contributed by atoms with Gasteiger partial charge in [0.1, 0.15) is 0 Å². The SMILES string of the molecule is Cc1ccc(-c2nnc(SCC(=O)NC(=O)c3ccc(C(C)(C)C)cc3)o2)cc1. The molecule has 0 fully saturated rings. The highest BCUT2D eigenvalue weighted by molar-refractivity contribution is 7.99. The fraction of sp³-hybridized carbons (Fsp3) is 0.273. The molecule has 0 aliphatic carbocycles. The van der Waals surface area contributed by atoms with Gasteiger partial charge in [-0.1, -0.05) is 62.4 Å². The van der Waals surface area contributed by atoms with Crippen LogP contribution in [-0.4, -0.2) is 27.8 Å². The van der Waals surface area contributed by atoms with E-state index >= 15 is 0 Å². The van der Waals surface area contributed by atoms with Crippen LogP contribution < -0.4 is 5.32 Å². The molecule has 0 spiro atoms. The van der Waals surface area contributed by atoms with Crippen LogP contribution in [0.25, 0.3) is 11.5 Å². The largest absolute Gasteiger partial charge is 0.411 e. The molecule has 0 aliphatic rings. The minimum Gasteiger partial charge on any atom is -0.411 e. The zero-order valence-electron chi connectivity index (χ0n) is 16.9. The number of aromatic nitrogens is 2. The third-order valence-electron chi connectivity index (χ3n) is 4.30. The molecule has 29 heavy (non-hydrogen) atoms. The van der Waals surface area contributed by atoms with Crippen LogP contribution in [-0.2, 0) is 10.2 Å². The van der Waals surface area contributed by atoms with Crippen LogP contribution in [0.2, 0.25) is 0 Å². The van der Waals surface area contributed by atoms with E-state index in [0.29, 0.717) is 11.5 Å². The van der Waals surface area contributed by atoms with Crippen molar-refractivity contribution in [2.45, 2.75) is 38.3 Å². The summed E-state index contributed by atoms with van der Waals surface area (Å²) in [4.78, 5) is 24.3. The maximum Gasteiger partial charge on any atom is 0.277 e. The number of imide groups is 1. The van der Waals surface area contributed by atoms with Gasteiger partial charge in [-0.3, -0.25) is 14.9 Å². The Bertz CT molecular complexity index is 1000. The molecule has 0 unspecified atom stereocenters. The van der Waals surface area contributed by atoms with Crippen LogP contribution in [0.4, 0.5) is 0 Å². The number of hydrogen-bond donors (Lipinski definition) is 1. The van der Waals surface area contributed by atoms with Crippen molar-refractivity contribution >= 4 is 23.6 Å². The molecule has 3 aromatic rings. The van der Waals surface area contributed by atoms with E-state index in [1.165, 1.54) is 0 Å². The van der Waals surface area contributed by atoms with Crippen LogP contribution >= 0.6 is 11.8 Å². The number of benzene rings is 2. The lowest BCUT2D eigenvalue weighted by Gasteiger charge is -2.18. The summed E-state index contributed by atoms with van der Waals surface area (Å²) >= 11 is 1.09. The fourth-order valence-corrected chi connectivity index (χ4v) is 3.13. The first-order valence-corrected chi connectivity index (χ1v) is 10.2. The number of amides is 2. The van der Waals surface area contributed by atoms with Crippen molar-refractivity contribution in [3.8, 4) is 11.5 Å². The summed E-state index contributed by atoms with van der Waals surface area (Å²) in [5.74, 6) is -0.457. The van der Waals surface area contributed by atoms with Gasteiger partial charge in [0.15, 0.2) is 0 Å². The summed E-state index contributed by atoms with van der Waals surface area (Å²) in [5, 5.41) is 10.6. The molecule has 6 nitrogen and oxygen atoms in total. The van der Waals surface area contributed by atoms with Crippen LogP contribution in [0, 0.1) is 6.92 Å². The second kappa shape index (κ2) is 8.61. The van der Waals surface area contributed by atoms with Gasteiger partial charge in [0.25, 0.3) is 11.1 Å². The third kappa shape index (κ3) is 5.54. The van der Waals surface area contributed by atoms with Gasteiger partial charge in [-0.2, -0.15) is 0 Å². The molecule has 1 N–H and O–H groups in total. The molecule has 0 atom stereocenters. The molecule has 0 saturated heterocycles. The first-order valence-electron chi connectivity index (χ1n) is 9.20. The highest BCUT2D eigenvalue weighted by Gasteiger charge is 2.16. The Labute approximate surface area is 174 Å². The number of rotatable bonds is 5. The average Bonchev–Trinajstić information content (AvgIpc) is 3.15. The number of thioether (sulfide) groups is 1. The van der Waals surface area contributed by atoms with Crippen LogP contribution in [0.5, 0.6) is 0 Å². The summed E-state index contributed by atoms with van der Waals surface area (Å²) in [6.45, 7) is 8.30. The van der Waals surface area contributed by atoms with E-state index in [1.54, 1.807) is 12.1 Å². The van der Waals surface area contributed by atoms with E-state index in [-0.39, 0.29) is 16.4 Å². The van der Waals surface area contributed by atoms with Crippen LogP contribution in [0.3, 0.4) is 0 Å². The molecule has 3 rings (SSSR count). The van der Waals surface area contributed by atoms with Crippen LogP contribution in [0.1, 0.15) is 42.3 Å². The maximum absolute atomic E-state index is 12.3. The van der Waals surface area contributed by atoms with Crippen molar-refractivity contribution in [3.63, 3.8) is 0 Å². The van der Waals surface area contributed by atoms with Crippen molar-refractivity contribution < 1.29 is 14.0 Å². The Morgan fingerprint density at radius 3 is 2.28 bits per heavy atom. The number of nitrogens with one attached hydrogen (secondary N) is 1.